The van der Waals surface area contributed by atoms with Gasteiger partial charge in [0.25, 0.3) is 16.7 Å². The van der Waals surface area contributed by atoms with Gasteiger partial charge in [-0.2, -0.15) is 4.98 Å². The molecule has 4 saturated heterocycles. The van der Waals surface area contributed by atoms with E-state index in [0.29, 0.717) is 82.4 Å². The average Bonchev–Trinajstić information content (AvgIpc) is 1.72. The molecule has 4 aliphatic heterocycles. The number of hydrogen-bond donors (Lipinski definition) is 1. The molecule has 8 atom stereocenters. The number of aryl methyl sites for hydroxylation is 4. The Morgan fingerprint density at radius 2 is 0.657 bits per heavy atom. The molecule has 20 heteroatoms. The van der Waals surface area contributed by atoms with Crippen molar-refractivity contribution in [2.24, 2.45) is 59.4 Å². The van der Waals surface area contributed by atoms with Crippen molar-refractivity contribution in [3.8, 4) is 5.88 Å². The van der Waals surface area contributed by atoms with E-state index in [0.717, 1.165) is 160 Å². The van der Waals surface area contributed by atoms with E-state index < -0.39 is 23.1 Å². The summed E-state index contributed by atoms with van der Waals surface area (Å²) >= 11 is 0. The van der Waals surface area contributed by atoms with Crippen molar-refractivity contribution in [1.29, 1.82) is 0 Å². The quantitative estimate of drug-likeness (QED) is 0.187. The van der Waals surface area contributed by atoms with E-state index >= 15 is 0 Å². The molecule has 0 amide bonds. The van der Waals surface area contributed by atoms with Crippen LogP contribution >= 0.6 is 0 Å². The summed E-state index contributed by atoms with van der Waals surface area (Å²) in [6, 6.07) is 0. The van der Waals surface area contributed by atoms with Gasteiger partial charge in [-0.15, -0.1) is 0 Å². The van der Waals surface area contributed by atoms with Gasteiger partial charge in [-0.05, 0) is 128 Å². The number of aromatic nitrogens is 8. The number of hydrogen-bond acceptors (Lipinski definition) is 17. The smallest absolute Gasteiger partial charge is 0.256 e. The van der Waals surface area contributed by atoms with E-state index in [-0.39, 0.29) is 89.7 Å². The topological polar surface area (TPSA) is 224 Å². The van der Waals surface area contributed by atoms with Gasteiger partial charge in [0.2, 0.25) is 5.88 Å². The average molecular weight is 1380 g/mol. The van der Waals surface area contributed by atoms with E-state index in [1.54, 1.807) is 16.2 Å². The van der Waals surface area contributed by atoms with Crippen LogP contribution in [0.25, 0.3) is 0 Å². The summed E-state index contributed by atoms with van der Waals surface area (Å²) in [4.78, 5) is 64.6. The molecule has 99 heavy (non-hydrogen) atoms. The number of aromatic amines is 1. The Hall–Kier alpha value is -4.80. The molecule has 554 valence electrons. The Morgan fingerprint density at radius 3 is 0.960 bits per heavy atom. The molecular weight excluding hydrogens is 1250 g/mol. The zero-order chi connectivity index (χ0) is 68.3. The molecule has 8 aliphatic carbocycles. The Labute approximate surface area is 591 Å². The van der Waals surface area contributed by atoms with Gasteiger partial charge in [0, 0.05) is 105 Å². The molecule has 4 aromatic rings. The van der Waals surface area contributed by atoms with Crippen LogP contribution in [0, 0.1) is 73.0 Å². The first-order chi connectivity index (χ1) is 44.6. The molecule has 4 aromatic heterocycles. The normalized spacial score (nSPS) is 32.1. The fourth-order valence-corrected chi connectivity index (χ4v) is 22.5. The first kappa shape index (κ1) is 78.3. The van der Waals surface area contributed by atoms with E-state index in [1.165, 1.54) is 11.3 Å². The number of nitrogens with zero attached hydrogens (tertiary/aromatic N) is 7. The number of rotatable bonds is 1. The van der Waals surface area contributed by atoms with Crippen LogP contribution in [-0.4, -0.2) is 122 Å². The highest BCUT2D eigenvalue weighted by Crippen LogP contribution is 2.67. The van der Waals surface area contributed by atoms with Crippen molar-refractivity contribution >= 4 is 0 Å². The predicted molar refractivity (Wildman–Crippen MR) is 386 cm³/mol. The van der Waals surface area contributed by atoms with Crippen molar-refractivity contribution in [3.05, 3.63) is 99.4 Å². The van der Waals surface area contributed by atoms with E-state index in [2.05, 4.69) is 93.1 Å². The predicted octanol–water partition coefficient (Wildman–Crippen LogP) is 13.1. The van der Waals surface area contributed by atoms with Gasteiger partial charge < -0.3 is 47.6 Å². The standard InChI is InChI=1S/3C19H28N2O3.C18H26N2O3.4CH4/c1-12-20-15-13(16(21-12)22-5)6-7-14-17(2,3)19(23-10-11-24-19)9-8-18(14,15)4;2*1-12-20-15-13(16(22)21(12)5)6-7-14-17(2,3)19(23-10-11-24-19)9-8-18(14,15)4;1-11-19-14-12(15(21)20-11)5-6-13-16(2,3)18(22-9-10-23-18)8-7-17(13,14)4;;;;/h3*14H,6-11H2,1-5H3;13H,5-10H2,1-4H3,(H,19,20,21);4*1H4/t3*14-,18-;13-,17-;;;;/m0000..../s1. The number of H-pyrrole nitrogens is 1. The van der Waals surface area contributed by atoms with E-state index in [9.17, 15) is 14.4 Å². The zero-order valence-electron chi connectivity index (χ0n) is 60.8. The monoisotopic (exact) mass is 1380 g/mol. The third-order valence-electron chi connectivity index (χ3n) is 27.9. The highest BCUT2D eigenvalue weighted by Gasteiger charge is 2.68. The third-order valence-corrected chi connectivity index (χ3v) is 27.9. The summed E-state index contributed by atoms with van der Waals surface area (Å²) < 4.78 is 58.0. The fourth-order valence-electron chi connectivity index (χ4n) is 22.5. The number of ether oxygens (including phenoxy) is 9. The minimum atomic E-state index is -0.469. The van der Waals surface area contributed by atoms with Gasteiger partial charge in [0.05, 0.1) is 82.7 Å². The third kappa shape index (κ3) is 11.4. The molecule has 8 heterocycles. The maximum absolute atomic E-state index is 12.7. The Morgan fingerprint density at radius 1 is 0.384 bits per heavy atom. The Balaban J connectivity index is 0.000000152. The summed E-state index contributed by atoms with van der Waals surface area (Å²) in [5.74, 6) is 3.65. The number of methoxy groups -OCH3 is 1. The van der Waals surface area contributed by atoms with Gasteiger partial charge in [-0.1, -0.05) is 113 Å². The molecule has 4 saturated carbocycles. The summed E-state index contributed by atoms with van der Waals surface area (Å²) in [7, 11) is 5.34. The summed E-state index contributed by atoms with van der Waals surface area (Å²) in [5.41, 5.74) is 7.84. The van der Waals surface area contributed by atoms with Crippen molar-refractivity contribution in [3.63, 3.8) is 0 Å². The van der Waals surface area contributed by atoms with Crippen molar-refractivity contribution in [2.45, 2.75) is 288 Å². The molecule has 20 nitrogen and oxygen atoms in total. The highest BCUT2D eigenvalue weighted by molar-refractivity contribution is 5.41. The Kier molecular flexibility index (Phi) is 21.1. The Bertz CT molecular complexity index is 3720. The van der Waals surface area contributed by atoms with E-state index in [4.69, 9.17) is 62.6 Å². The molecule has 1 N–H and O–H groups in total. The lowest BCUT2D eigenvalue weighted by molar-refractivity contribution is -0.276. The van der Waals surface area contributed by atoms with Crippen LogP contribution in [0.4, 0.5) is 0 Å². The number of nitrogens with one attached hydrogen (secondary N) is 1. The second-order valence-corrected chi connectivity index (χ2v) is 33.5. The number of fused-ring (bicyclic) bond motifs is 12. The molecule has 0 unspecified atom stereocenters. The maximum atomic E-state index is 12.7. The van der Waals surface area contributed by atoms with Crippen LogP contribution in [0.15, 0.2) is 14.4 Å². The summed E-state index contributed by atoms with van der Waals surface area (Å²) in [6.07, 6.45) is 14.8. The van der Waals surface area contributed by atoms with Gasteiger partial charge in [-0.25, -0.2) is 19.9 Å². The van der Waals surface area contributed by atoms with Crippen LogP contribution < -0.4 is 21.4 Å². The highest BCUT2D eigenvalue weighted by atomic mass is 16.8. The SMILES string of the molecule is C.C.C.C.COc1nc(C)nc2c1CC[C@H]1C(C)(C)C3(CC[C@]21C)OCCO3.Cc1nc2c(c(=O)[nH]1)CC[C@H]1C(C)(C)C3(CC[C@]21C)OCCO3.Cc1nc2c(c(=O)n1C)CC[C@H]1C(C)(C)C3(CC[C@]21C)OCCO3.Cc1nc2c(c(=O)n1C)CC[C@H]1C(C)(C)C3(CC[C@]21C)OCCO3. The molecule has 4 spiro atoms. The minimum Gasteiger partial charge on any atom is -0.481 e. The van der Waals surface area contributed by atoms with Crippen LogP contribution in [0.1, 0.15) is 258 Å². The van der Waals surface area contributed by atoms with Gasteiger partial charge in [-0.3, -0.25) is 23.5 Å². The van der Waals surface area contributed by atoms with Crippen LogP contribution in [-0.2, 0) is 99.3 Å². The fraction of sp³-hybridized carbons (Fsp3) is 0.797. The molecule has 0 aromatic carbocycles. The lowest BCUT2D eigenvalue weighted by Gasteiger charge is -2.59. The minimum absolute atomic E-state index is 0. The first-order valence-electron chi connectivity index (χ1n) is 35.9. The zero-order valence-corrected chi connectivity index (χ0v) is 60.8. The first-order valence-corrected chi connectivity index (χ1v) is 35.9. The maximum Gasteiger partial charge on any atom is 0.256 e. The molecular formula is C79H126N8O12. The van der Waals surface area contributed by atoms with Crippen LogP contribution in [0.3, 0.4) is 0 Å². The van der Waals surface area contributed by atoms with Crippen LogP contribution in [0.5, 0.6) is 5.88 Å². The van der Waals surface area contributed by atoms with Crippen LogP contribution in [0.2, 0.25) is 0 Å². The lowest BCUT2D eigenvalue weighted by atomic mass is 9.49. The van der Waals surface area contributed by atoms with Gasteiger partial charge >= 0.3 is 0 Å². The second kappa shape index (κ2) is 26.7. The second-order valence-electron chi connectivity index (χ2n) is 33.5. The van der Waals surface area contributed by atoms with Crippen molar-refractivity contribution in [1.82, 2.24) is 39.0 Å². The van der Waals surface area contributed by atoms with Crippen molar-refractivity contribution in [2.75, 3.05) is 60.0 Å². The largest absolute Gasteiger partial charge is 0.481 e. The lowest BCUT2D eigenvalue weighted by Crippen LogP contribution is -2.61. The van der Waals surface area contributed by atoms with E-state index in [1.807, 2.05) is 41.8 Å². The summed E-state index contributed by atoms with van der Waals surface area (Å²) in [6.45, 7) is 40.7. The van der Waals surface area contributed by atoms with Gasteiger partial charge in [0.15, 0.2) is 23.1 Å². The summed E-state index contributed by atoms with van der Waals surface area (Å²) in [5, 5.41) is 0. The molecule has 12 aliphatic rings. The van der Waals surface area contributed by atoms with Gasteiger partial charge in [0.1, 0.15) is 23.3 Å². The molecule has 0 bridgehead atoms. The molecule has 0 radical (unpaired) electrons. The van der Waals surface area contributed by atoms with Crippen molar-refractivity contribution < 1.29 is 42.6 Å². The molecule has 8 fully saturated rings. The molecule has 16 rings (SSSR count).